The van der Waals surface area contributed by atoms with Gasteiger partial charge in [-0.3, -0.25) is 0 Å². The van der Waals surface area contributed by atoms with Gasteiger partial charge in [-0.15, -0.1) is 0 Å². The number of benzene rings is 1. The summed E-state index contributed by atoms with van der Waals surface area (Å²) in [5.41, 5.74) is 0.982. The first kappa shape index (κ1) is 19.1. The van der Waals surface area contributed by atoms with Crippen LogP contribution in [0.2, 0.25) is 0 Å². The molecule has 27 heavy (non-hydrogen) atoms. The number of nitrogens with one attached hydrogen (secondary N) is 2. The Morgan fingerprint density at radius 2 is 2.00 bits per heavy atom. The third-order valence-electron chi connectivity index (χ3n) is 4.11. The summed E-state index contributed by atoms with van der Waals surface area (Å²) in [6.07, 6.45) is 0.555. The van der Waals surface area contributed by atoms with Gasteiger partial charge in [0.05, 0.1) is 29.4 Å². The standard InChI is InChI=1S/C18H22N4O4S/c1-3-26-18(23)14-6-4-5-7-15(14)22-17-10-16(19-12(2)20-17)21-13-8-9-27(24,25)11-13/h4-7,10,13H,3,8-9,11H2,1-2H3,(H2,19,20,21,22). The summed E-state index contributed by atoms with van der Waals surface area (Å²) in [5.74, 6) is 1.44. The number of hydrogen-bond acceptors (Lipinski definition) is 8. The Labute approximate surface area is 158 Å². The molecule has 1 aliphatic rings. The fourth-order valence-electron chi connectivity index (χ4n) is 2.94. The van der Waals surface area contributed by atoms with E-state index in [2.05, 4.69) is 20.6 Å². The molecule has 8 nitrogen and oxygen atoms in total. The number of esters is 1. The molecule has 2 aromatic rings. The van der Waals surface area contributed by atoms with Gasteiger partial charge in [0.2, 0.25) is 0 Å². The van der Waals surface area contributed by atoms with Crippen LogP contribution < -0.4 is 10.6 Å². The molecule has 1 aromatic carbocycles. The van der Waals surface area contributed by atoms with Gasteiger partial charge in [0.25, 0.3) is 0 Å². The number of anilines is 3. The van der Waals surface area contributed by atoms with E-state index >= 15 is 0 Å². The van der Waals surface area contributed by atoms with E-state index in [9.17, 15) is 13.2 Å². The van der Waals surface area contributed by atoms with Crippen molar-refractivity contribution in [2.45, 2.75) is 26.3 Å². The van der Waals surface area contributed by atoms with E-state index in [1.54, 1.807) is 38.1 Å². The smallest absolute Gasteiger partial charge is 0.340 e. The van der Waals surface area contributed by atoms with E-state index in [4.69, 9.17) is 4.74 Å². The lowest BCUT2D eigenvalue weighted by molar-refractivity contribution is 0.0527. The van der Waals surface area contributed by atoms with Crippen molar-refractivity contribution in [3.63, 3.8) is 0 Å². The molecule has 0 saturated carbocycles. The summed E-state index contributed by atoms with van der Waals surface area (Å²) in [5, 5.41) is 6.28. The van der Waals surface area contributed by atoms with Crippen LogP contribution in [0.25, 0.3) is 0 Å². The van der Waals surface area contributed by atoms with Crippen LogP contribution in [0.3, 0.4) is 0 Å². The number of carbonyl (C=O) groups excluding carboxylic acids is 1. The Kier molecular flexibility index (Phi) is 5.59. The van der Waals surface area contributed by atoms with E-state index in [1.807, 2.05) is 6.07 Å². The average molecular weight is 390 g/mol. The minimum atomic E-state index is -2.98. The lowest BCUT2D eigenvalue weighted by atomic mass is 10.2. The SMILES string of the molecule is CCOC(=O)c1ccccc1Nc1cc(NC2CCS(=O)(=O)C2)nc(C)n1. The maximum absolute atomic E-state index is 12.1. The lowest BCUT2D eigenvalue weighted by Crippen LogP contribution is -2.21. The number of hydrogen-bond donors (Lipinski definition) is 2. The summed E-state index contributed by atoms with van der Waals surface area (Å²) in [7, 11) is -2.98. The molecule has 0 aliphatic carbocycles. The second kappa shape index (κ2) is 7.91. The molecule has 1 unspecified atom stereocenters. The highest BCUT2D eigenvalue weighted by Gasteiger charge is 2.28. The zero-order valence-electron chi connectivity index (χ0n) is 15.2. The van der Waals surface area contributed by atoms with E-state index in [0.717, 1.165) is 0 Å². The van der Waals surface area contributed by atoms with Gasteiger partial charge < -0.3 is 15.4 Å². The molecule has 0 radical (unpaired) electrons. The highest BCUT2D eigenvalue weighted by atomic mass is 32.2. The topological polar surface area (TPSA) is 110 Å². The maximum Gasteiger partial charge on any atom is 0.340 e. The van der Waals surface area contributed by atoms with Crippen LogP contribution in [-0.2, 0) is 14.6 Å². The Bertz CT molecular complexity index is 946. The van der Waals surface area contributed by atoms with E-state index in [1.165, 1.54) is 0 Å². The Morgan fingerprint density at radius 1 is 1.26 bits per heavy atom. The monoisotopic (exact) mass is 390 g/mol. The van der Waals surface area contributed by atoms with Crippen LogP contribution in [0.1, 0.15) is 29.5 Å². The van der Waals surface area contributed by atoms with Gasteiger partial charge in [-0.1, -0.05) is 12.1 Å². The quantitative estimate of drug-likeness (QED) is 0.723. The predicted octanol–water partition coefficient (Wildman–Crippen LogP) is 2.30. The largest absolute Gasteiger partial charge is 0.462 e. The van der Waals surface area contributed by atoms with Crippen molar-refractivity contribution in [3.8, 4) is 0 Å². The molecular formula is C18H22N4O4S. The zero-order chi connectivity index (χ0) is 19.4. The number of rotatable bonds is 6. The van der Waals surface area contributed by atoms with Crippen molar-refractivity contribution < 1.29 is 17.9 Å². The second-order valence-corrected chi connectivity index (χ2v) is 8.55. The van der Waals surface area contributed by atoms with Crippen LogP contribution in [0, 0.1) is 6.92 Å². The maximum atomic E-state index is 12.1. The van der Waals surface area contributed by atoms with Gasteiger partial charge in [0.15, 0.2) is 9.84 Å². The first-order valence-corrected chi connectivity index (χ1v) is 10.5. The average Bonchev–Trinajstić information content (AvgIpc) is 2.93. The summed E-state index contributed by atoms with van der Waals surface area (Å²) in [4.78, 5) is 20.8. The van der Waals surface area contributed by atoms with Crippen molar-refractivity contribution >= 4 is 33.1 Å². The Balaban J connectivity index is 1.80. The number of nitrogens with zero attached hydrogens (tertiary/aromatic N) is 2. The molecule has 0 spiro atoms. The molecule has 1 fully saturated rings. The molecule has 3 rings (SSSR count). The minimum absolute atomic E-state index is 0.102. The Morgan fingerprint density at radius 3 is 2.70 bits per heavy atom. The van der Waals surface area contributed by atoms with Gasteiger partial charge >= 0.3 is 5.97 Å². The molecule has 2 heterocycles. The molecule has 1 saturated heterocycles. The van der Waals surface area contributed by atoms with Crippen LogP contribution in [0.5, 0.6) is 0 Å². The third kappa shape index (κ3) is 4.94. The number of para-hydroxylation sites is 1. The highest BCUT2D eigenvalue weighted by Crippen LogP contribution is 2.23. The van der Waals surface area contributed by atoms with Crippen LogP contribution >= 0.6 is 0 Å². The third-order valence-corrected chi connectivity index (χ3v) is 5.88. The lowest BCUT2D eigenvalue weighted by Gasteiger charge is -2.15. The number of carbonyl (C=O) groups is 1. The van der Waals surface area contributed by atoms with Gasteiger partial charge in [-0.2, -0.15) is 0 Å². The van der Waals surface area contributed by atoms with Crippen molar-refractivity contribution in [1.29, 1.82) is 0 Å². The predicted molar refractivity (Wildman–Crippen MR) is 103 cm³/mol. The first-order chi connectivity index (χ1) is 12.9. The second-order valence-electron chi connectivity index (χ2n) is 6.32. The fourth-order valence-corrected chi connectivity index (χ4v) is 4.61. The number of aryl methyl sites for hydroxylation is 1. The van der Waals surface area contributed by atoms with Gasteiger partial charge in [0.1, 0.15) is 17.5 Å². The molecule has 144 valence electrons. The van der Waals surface area contributed by atoms with Crippen LogP contribution in [0.4, 0.5) is 17.3 Å². The summed E-state index contributed by atoms with van der Waals surface area (Å²) >= 11 is 0. The number of aromatic nitrogens is 2. The van der Waals surface area contributed by atoms with Crippen molar-refractivity contribution in [2.24, 2.45) is 0 Å². The molecule has 1 aliphatic heterocycles. The number of sulfone groups is 1. The fraction of sp³-hybridized carbons (Fsp3) is 0.389. The summed E-state index contributed by atoms with van der Waals surface area (Å²) in [6.45, 7) is 3.79. The molecule has 0 bridgehead atoms. The molecule has 0 amide bonds. The normalized spacial score (nSPS) is 18.1. The van der Waals surface area contributed by atoms with Gasteiger partial charge in [-0.25, -0.2) is 23.2 Å². The van der Waals surface area contributed by atoms with Crippen LogP contribution in [-0.4, -0.2) is 48.5 Å². The molecule has 9 heteroatoms. The van der Waals surface area contributed by atoms with E-state index < -0.39 is 15.8 Å². The first-order valence-electron chi connectivity index (χ1n) is 8.72. The van der Waals surface area contributed by atoms with Crippen molar-refractivity contribution in [2.75, 3.05) is 28.7 Å². The molecule has 1 aromatic heterocycles. The van der Waals surface area contributed by atoms with Gasteiger partial charge in [0, 0.05) is 12.1 Å². The zero-order valence-corrected chi connectivity index (χ0v) is 16.0. The molecule has 2 N–H and O–H groups in total. The van der Waals surface area contributed by atoms with Crippen molar-refractivity contribution in [3.05, 3.63) is 41.7 Å². The number of ether oxygens (including phenoxy) is 1. The summed E-state index contributed by atoms with van der Waals surface area (Å²) < 4.78 is 28.3. The van der Waals surface area contributed by atoms with Gasteiger partial charge in [-0.05, 0) is 32.4 Å². The van der Waals surface area contributed by atoms with Crippen LogP contribution in [0.15, 0.2) is 30.3 Å². The van der Waals surface area contributed by atoms with E-state index in [0.29, 0.717) is 35.1 Å². The molecular weight excluding hydrogens is 368 g/mol. The van der Waals surface area contributed by atoms with E-state index in [-0.39, 0.29) is 24.2 Å². The highest BCUT2D eigenvalue weighted by molar-refractivity contribution is 7.91. The Hall–Kier alpha value is -2.68. The summed E-state index contributed by atoms with van der Waals surface area (Å²) in [6, 6.07) is 8.54. The molecule has 1 atom stereocenters. The van der Waals surface area contributed by atoms with Crippen molar-refractivity contribution in [1.82, 2.24) is 9.97 Å². The minimum Gasteiger partial charge on any atom is -0.462 e.